The summed E-state index contributed by atoms with van der Waals surface area (Å²) in [5.41, 5.74) is 0. The topological polar surface area (TPSA) is 34.2 Å². The van der Waals surface area contributed by atoms with Gasteiger partial charge in [0, 0.05) is 30.3 Å². The second kappa shape index (κ2) is 5.75. The van der Waals surface area contributed by atoms with Crippen LogP contribution in [0.3, 0.4) is 0 Å². The van der Waals surface area contributed by atoms with Gasteiger partial charge in [0.05, 0.1) is 11.1 Å². The monoisotopic (exact) mass is 240 g/mol. The summed E-state index contributed by atoms with van der Waals surface area (Å²) in [6.45, 7) is 6.12. The van der Waals surface area contributed by atoms with Crippen molar-refractivity contribution < 1.29 is 4.74 Å². The first-order valence-electron chi connectivity index (χ1n) is 6.03. The van der Waals surface area contributed by atoms with Gasteiger partial charge in [-0.15, -0.1) is 11.3 Å². The van der Waals surface area contributed by atoms with Crippen LogP contribution in [0.4, 0.5) is 0 Å². The summed E-state index contributed by atoms with van der Waals surface area (Å²) < 4.78 is 5.69. The molecule has 16 heavy (non-hydrogen) atoms. The van der Waals surface area contributed by atoms with Crippen LogP contribution in [0, 0.1) is 6.92 Å². The van der Waals surface area contributed by atoms with E-state index in [1.165, 1.54) is 24.1 Å². The molecule has 0 saturated carbocycles. The van der Waals surface area contributed by atoms with E-state index in [1.807, 2.05) is 13.1 Å². The molecule has 1 N–H and O–H groups in total. The number of hydrogen-bond acceptors (Lipinski definition) is 4. The van der Waals surface area contributed by atoms with Gasteiger partial charge in [0.25, 0.3) is 0 Å². The molecule has 1 saturated heterocycles. The molecule has 0 amide bonds. The van der Waals surface area contributed by atoms with Crippen LogP contribution < -0.4 is 5.32 Å². The Bertz CT molecular complexity index is 321. The van der Waals surface area contributed by atoms with Crippen LogP contribution in [0.5, 0.6) is 0 Å². The lowest BCUT2D eigenvalue weighted by Gasteiger charge is -2.24. The van der Waals surface area contributed by atoms with Crippen molar-refractivity contribution >= 4 is 11.3 Å². The van der Waals surface area contributed by atoms with E-state index in [9.17, 15) is 0 Å². The van der Waals surface area contributed by atoms with Crippen molar-refractivity contribution in [1.29, 1.82) is 0 Å². The fourth-order valence-electron chi connectivity index (χ4n) is 1.96. The number of aromatic nitrogens is 1. The summed E-state index contributed by atoms with van der Waals surface area (Å²) in [5, 5.41) is 4.66. The highest BCUT2D eigenvalue weighted by Crippen LogP contribution is 2.20. The Balaban J connectivity index is 1.76. The SMILES string of the molecule is Cc1ncc(C(C)NCC2CCCCO2)s1. The van der Waals surface area contributed by atoms with Crippen LogP contribution in [-0.4, -0.2) is 24.2 Å². The molecule has 2 rings (SSSR count). The molecule has 1 fully saturated rings. The van der Waals surface area contributed by atoms with E-state index in [-0.39, 0.29) is 0 Å². The molecule has 0 aliphatic carbocycles. The second-order valence-corrected chi connectivity index (χ2v) is 5.67. The van der Waals surface area contributed by atoms with Crippen molar-refractivity contribution in [3.05, 3.63) is 16.1 Å². The van der Waals surface area contributed by atoms with E-state index in [2.05, 4.69) is 17.2 Å². The van der Waals surface area contributed by atoms with E-state index in [4.69, 9.17) is 4.74 Å². The first-order valence-corrected chi connectivity index (χ1v) is 6.84. The molecule has 1 aromatic heterocycles. The Labute approximate surface area is 101 Å². The Morgan fingerprint density at radius 2 is 2.50 bits per heavy atom. The van der Waals surface area contributed by atoms with Crippen LogP contribution in [0.15, 0.2) is 6.20 Å². The highest BCUT2D eigenvalue weighted by Gasteiger charge is 2.15. The molecule has 4 heteroatoms. The van der Waals surface area contributed by atoms with Crippen LogP contribution >= 0.6 is 11.3 Å². The average molecular weight is 240 g/mol. The van der Waals surface area contributed by atoms with Gasteiger partial charge in [0.15, 0.2) is 0 Å². The quantitative estimate of drug-likeness (QED) is 0.878. The van der Waals surface area contributed by atoms with Crippen LogP contribution in [0.1, 0.15) is 42.1 Å². The molecule has 90 valence electrons. The molecule has 2 atom stereocenters. The molecular formula is C12H20N2OS. The minimum absolute atomic E-state index is 0.386. The normalized spacial score (nSPS) is 23.2. The summed E-state index contributed by atoms with van der Waals surface area (Å²) in [5.74, 6) is 0. The summed E-state index contributed by atoms with van der Waals surface area (Å²) in [6, 6.07) is 0.386. The number of thiazole rings is 1. The average Bonchev–Trinajstić information content (AvgIpc) is 2.74. The zero-order valence-electron chi connectivity index (χ0n) is 10.0. The van der Waals surface area contributed by atoms with Crippen LogP contribution in [0.2, 0.25) is 0 Å². The van der Waals surface area contributed by atoms with Crippen LogP contribution in [0.25, 0.3) is 0 Å². The van der Waals surface area contributed by atoms with Gasteiger partial charge in [-0.3, -0.25) is 0 Å². The predicted octanol–water partition coefficient (Wildman–Crippen LogP) is 2.67. The van der Waals surface area contributed by atoms with E-state index >= 15 is 0 Å². The zero-order valence-corrected chi connectivity index (χ0v) is 10.8. The molecular weight excluding hydrogens is 220 g/mol. The Kier molecular flexibility index (Phi) is 4.32. The molecule has 1 aliphatic rings. The van der Waals surface area contributed by atoms with Gasteiger partial charge in [-0.25, -0.2) is 4.98 Å². The van der Waals surface area contributed by atoms with Crippen molar-refractivity contribution in [3.8, 4) is 0 Å². The Hall–Kier alpha value is -0.450. The standard InChI is InChI=1S/C12H20N2OS/c1-9(12-8-14-10(2)16-12)13-7-11-5-3-4-6-15-11/h8-9,11,13H,3-7H2,1-2H3. The Morgan fingerprint density at radius 3 is 3.12 bits per heavy atom. The fraction of sp³-hybridized carbons (Fsp3) is 0.750. The van der Waals surface area contributed by atoms with Gasteiger partial charge in [0.1, 0.15) is 0 Å². The smallest absolute Gasteiger partial charge is 0.0897 e. The molecule has 0 spiro atoms. The van der Waals surface area contributed by atoms with Crippen molar-refractivity contribution in [3.63, 3.8) is 0 Å². The largest absolute Gasteiger partial charge is 0.377 e. The minimum Gasteiger partial charge on any atom is -0.377 e. The van der Waals surface area contributed by atoms with Gasteiger partial charge in [-0.05, 0) is 33.1 Å². The van der Waals surface area contributed by atoms with Crippen molar-refractivity contribution in [2.45, 2.75) is 45.3 Å². The number of nitrogens with one attached hydrogen (secondary N) is 1. The summed E-state index contributed by atoms with van der Waals surface area (Å²) >= 11 is 1.77. The van der Waals surface area contributed by atoms with Gasteiger partial charge in [-0.1, -0.05) is 0 Å². The number of ether oxygens (including phenoxy) is 1. The highest BCUT2D eigenvalue weighted by atomic mass is 32.1. The van der Waals surface area contributed by atoms with Crippen molar-refractivity contribution in [2.75, 3.05) is 13.2 Å². The molecule has 3 nitrogen and oxygen atoms in total. The maximum atomic E-state index is 5.69. The van der Waals surface area contributed by atoms with Crippen LogP contribution in [-0.2, 0) is 4.74 Å². The number of aryl methyl sites for hydroxylation is 1. The van der Waals surface area contributed by atoms with E-state index in [1.54, 1.807) is 11.3 Å². The van der Waals surface area contributed by atoms with Gasteiger partial charge >= 0.3 is 0 Å². The molecule has 2 unspecified atom stereocenters. The minimum atomic E-state index is 0.386. The lowest BCUT2D eigenvalue weighted by atomic mass is 10.1. The maximum Gasteiger partial charge on any atom is 0.0897 e. The first kappa shape index (κ1) is 12.0. The lowest BCUT2D eigenvalue weighted by molar-refractivity contribution is 0.0157. The predicted molar refractivity (Wildman–Crippen MR) is 66.9 cm³/mol. The highest BCUT2D eigenvalue weighted by molar-refractivity contribution is 7.11. The maximum absolute atomic E-state index is 5.69. The summed E-state index contributed by atoms with van der Waals surface area (Å²) in [7, 11) is 0. The van der Waals surface area contributed by atoms with Crippen molar-refractivity contribution in [1.82, 2.24) is 10.3 Å². The lowest BCUT2D eigenvalue weighted by Crippen LogP contribution is -2.33. The zero-order chi connectivity index (χ0) is 11.4. The molecule has 1 aliphatic heterocycles. The van der Waals surface area contributed by atoms with E-state index < -0.39 is 0 Å². The first-order chi connectivity index (χ1) is 7.75. The molecule has 0 aromatic carbocycles. The number of nitrogens with zero attached hydrogens (tertiary/aromatic N) is 1. The molecule has 1 aromatic rings. The van der Waals surface area contributed by atoms with Gasteiger partial charge < -0.3 is 10.1 Å². The number of rotatable bonds is 4. The third-order valence-corrected chi connectivity index (χ3v) is 4.09. The molecule has 0 radical (unpaired) electrons. The molecule has 0 bridgehead atoms. The van der Waals surface area contributed by atoms with Gasteiger partial charge in [-0.2, -0.15) is 0 Å². The second-order valence-electron chi connectivity index (χ2n) is 4.40. The van der Waals surface area contributed by atoms with E-state index in [0.717, 1.165) is 18.2 Å². The summed E-state index contributed by atoms with van der Waals surface area (Å²) in [4.78, 5) is 5.59. The van der Waals surface area contributed by atoms with E-state index in [0.29, 0.717) is 12.1 Å². The molecule has 2 heterocycles. The Morgan fingerprint density at radius 1 is 1.62 bits per heavy atom. The third-order valence-electron chi connectivity index (χ3n) is 2.99. The summed E-state index contributed by atoms with van der Waals surface area (Å²) in [6.07, 6.45) is 6.10. The fourth-order valence-corrected chi connectivity index (χ4v) is 2.77. The van der Waals surface area contributed by atoms with Crippen molar-refractivity contribution in [2.24, 2.45) is 0 Å². The third kappa shape index (κ3) is 3.27. The number of hydrogen-bond donors (Lipinski definition) is 1. The van der Waals surface area contributed by atoms with Gasteiger partial charge in [0.2, 0.25) is 0 Å².